The van der Waals surface area contributed by atoms with Crippen LogP contribution < -0.4 is 4.18 Å². The molecule has 7 nitrogen and oxygen atoms in total. The van der Waals surface area contributed by atoms with Crippen LogP contribution in [0, 0.1) is 10.1 Å². The van der Waals surface area contributed by atoms with Crippen LogP contribution in [0.1, 0.15) is 0 Å². The van der Waals surface area contributed by atoms with Gasteiger partial charge in [-0.2, -0.15) is 21.6 Å². The van der Waals surface area contributed by atoms with Crippen molar-refractivity contribution in [3.8, 4) is 17.0 Å². The molecule has 0 bridgehead atoms. The number of rotatable bonds is 4. The fraction of sp³-hybridized carbons (Fsp3) is 0.0833. The summed E-state index contributed by atoms with van der Waals surface area (Å²) in [5, 5.41) is 11.4. The molecule has 0 aliphatic rings. The molecule has 0 amide bonds. The molecule has 0 aliphatic heterocycles. The Bertz CT molecular complexity index is 950. The summed E-state index contributed by atoms with van der Waals surface area (Å²) in [6.07, 6.45) is 0.842. The number of halogens is 5. The minimum absolute atomic E-state index is 0.0226. The van der Waals surface area contributed by atoms with E-state index in [9.17, 15) is 31.7 Å². The minimum atomic E-state index is -6.14. The molecule has 0 saturated heterocycles. The molecule has 1 heterocycles. The second-order valence-corrected chi connectivity index (χ2v) is 6.76. The molecule has 0 fully saturated rings. The smallest absolute Gasteiger partial charge is 0.348 e. The lowest BCUT2D eigenvalue weighted by atomic mass is 10.1. The van der Waals surface area contributed by atoms with E-state index in [4.69, 9.17) is 23.2 Å². The van der Waals surface area contributed by atoms with Gasteiger partial charge in [-0.25, -0.2) is 4.98 Å². The second-order valence-electron chi connectivity index (χ2n) is 4.38. The summed E-state index contributed by atoms with van der Waals surface area (Å²) in [6.45, 7) is 0. The third kappa shape index (κ3) is 3.94. The molecule has 0 unspecified atom stereocenters. The van der Waals surface area contributed by atoms with Crippen molar-refractivity contribution in [2.75, 3.05) is 0 Å². The Morgan fingerprint density at radius 2 is 1.80 bits per heavy atom. The first-order valence-electron chi connectivity index (χ1n) is 6.03. The van der Waals surface area contributed by atoms with Crippen LogP contribution in [0.15, 0.2) is 30.5 Å². The van der Waals surface area contributed by atoms with Crippen LogP contribution in [0.5, 0.6) is 5.88 Å². The lowest BCUT2D eigenvalue weighted by Crippen LogP contribution is -2.28. The zero-order chi connectivity index (χ0) is 19.0. The van der Waals surface area contributed by atoms with Gasteiger partial charge >= 0.3 is 27.2 Å². The van der Waals surface area contributed by atoms with Crippen molar-refractivity contribution in [3.63, 3.8) is 0 Å². The van der Waals surface area contributed by atoms with Crippen LogP contribution in [0.2, 0.25) is 10.0 Å². The van der Waals surface area contributed by atoms with Crippen LogP contribution in [0.3, 0.4) is 0 Å². The number of nitro groups is 1. The molecular formula is C12H5Cl2F3N2O5S. The highest BCUT2D eigenvalue weighted by atomic mass is 35.5. The van der Waals surface area contributed by atoms with Gasteiger partial charge in [0.05, 0.1) is 15.5 Å². The van der Waals surface area contributed by atoms with E-state index >= 15 is 0 Å². The number of benzene rings is 1. The molecule has 13 heteroatoms. The quantitative estimate of drug-likeness (QED) is 0.320. The third-order valence-corrected chi connectivity index (χ3v) is 4.26. The molecule has 2 rings (SSSR count). The number of aromatic nitrogens is 1. The predicted octanol–water partition coefficient (Wildman–Crippen LogP) is 4.19. The van der Waals surface area contributed by atoms with Crippen molar-refractivity contribution >= 4 is 39.0 Å². The van der Waals surface area contributed by atoms with Crippen molar-refractivity contribution in [1.82, 2.24) is 4.98 Å². The van der Waals surface area contributed by atoms with Crippen molar-refractivity contribution in [1.29, 1.82) is 0 Å². The lowest BCUT2D eigenvalue weighted by Gasteiger charge is -2.11. The average Bonchev–Trinajstić information content (AvgIpc) is 2.45. The molecule has 1 aromatic heterocycles. The summed E-state index contributed by atoms with van der Waals surface area (Å²) in [7, 11) is -6.14. The van der Waals surface area contributed by atoms with Gasteiger partial charge in [0.15, 0.2) is 0 Å². The van der Waals surface area contributed by atoms with Gasteiger partial charge in [-0.1, -0.05) is 29.3 Å². The molecule has 0 N–H and O–H groups in total. The fourth-order valence-corrected chi connectivity index (χ4v) is 2.68. The van der Waals surface area contributed by atoms with Crippen LogP contribution >= 0.6 is 23.2 Å². The fourth-order valence-electron chi connectivity index (χ4n) is 1.75. The molecule has 134 valence electrons. The summed E-state index contributed by atoms with van der Waals surface area (Å²) in [4.78, 5) is 13.4. The Kier molecular flexibility index (Phi) is 5.11. The number of pyridine rings is 1. The number of alkyl halides is 3. The maximum atomic E-state index is 12.4. The standard InChI is InChI=1S/C12H5Cl2F3N2O5S/c13-6-1-2-7(9(14)5-6)8-3-4-18-11(10(8)19(20)21)24-25(22,23)12(15,16)17/h1-5H. The Morgan fingerprint density at radius 3 is 2.32 bits per heavy atom. The van der Waals surface area contributed by atoms with Gasteiger partial charge < -0.3 is 4.18 Å². The molecule has 2 aromatic rings. The monoisotopic (exact) mass is 416 g/mol. The first-order valence-corrected chi connectivity index (χ1v) is 8.20. The summed E-state index contributed by atoms with van der Waals surface area (Å²) < 4.78 is 63.3. The Hall–Kier alpha value is -2.11. The van der Waals surface area contributed by atoms with E-state index < -0.39 is 32.1 Å². The van der Waals surface area contributed by atoms with E-state index in [0.29, 0.717) is 0 Å². The van der Waals surface area contributed by atoms with E-state index in [1.807, 2.05) is 0 Å². The van der Waals surface area contributed by atoms with Crippen LogP contribution in [-0.4, -0.2) is 23.8 Å². The van der Waals surface area contributed by atoms with E-state index in [2.05, 4.69) is 9.17 Å². The zero-order valence-electron chi connectivity index (χ0n) is 11.6. The third-order valence-electron chi connectivity index (χ3n) is 2.77. The zero-order valence-corrected chi connectivity index (χ0v) is 13.9. The van der Waals surface area contributed by atoms with Crippen LogP contribution in [0.4, 0.5) is 18.9 Å². The van der Waals surface area contributed by atoms with Crippen LogP contribution in [-0.2, 0) is 10.1 Å². The SMILES string of the molecule is O=[N+]([O-])c1c(-c2ccc(Cl)cc2Cl)ccnc1OS(=O)(=O)C(F)(F)F. The van der Waals surface area contributed by atoms with Crippen molar-refractivity contribution < 1.29 is 30.7 Å². The topological polar surface area (TPSA) is 99.4 Å². The molecule has 0 saturated carbocycles. The summed E-state index contributed by atoms with van der Waals surface area (Å²) in [6, 6.07) is 4.92. The molecule has 25 heavy (non-hydrogen) atoms. The van der Waals surface area contributed by atoms with E-state index in [0.717, 1.165) is 12.3 Å². The van der Waals surface area contributed by atoms with Gasteiger partial charge in [0.1, 0.15) is 0 Å². The highest BCUT2D eigenvalue weighted by Gasteiger charge is 2.50. The molecule has 0 spiro atoms. The van der Waals surface area contributed by atoms with Gasteiger partial charge in [0.25, 0.3) is 0 Å². The normalized spacial score (nSPS) is 12.0. The second kappa shape index (κ2) is 6.65. The molecule has 0 aliphatic carbocycles. The first kappa shape index (κ1) is 19.2. The number of nitrogens with zero attached hydrogens (tertiary/aromatic N) is 2. The van der Waals surface area contributed by atoms with E-state index in [-0.39, 0.29) is 21.2 Å². The summed E-state index contributed by atoms with van der Waals surface area (Å²) >= 11 is 11.6. The maximum absolute atomic E-state index is 12.4. The van der Waals surface area contributed by atoms with Gasteiger partial charge in [-0.05, 0) is 18.2 Å². The van der Waals surface area contributed by atoms with Gasteiger partial charge in [0, 0.05) is 16.8 Å². The Balaban J connectivity index is 2.68. The van der Waals surface area contributed by atoms with Crippen LogP contribution in [0.25, 0.3) is 11.1 Å². The van der Waals surface area contributed by atoms with Crippen molar-refractivity contribution in [2.24, 2.45) is 0 Å². The first-order chi connectivity index (χ1) is 11.4. The van der Waals surface area contributed by atoms with Gasteiger partial charge in [-0.3, -0.25) is 10.1 Å². The van der Waals surface area contributed by atoms with Crippen molar-refractivity contribution in [2.45, 2.75) is 5.51 Å². The average molecular weight is 417 g/mol. The van der Waals surface area contributed by atoms with E-state index in [1.54, 1.807) is 0 Å². The predicted molar refractivity (Wildman–Crippen MR) is 82.0 cm³/mol. The van der Waals surface area contributed by atoms with Gasteiger partial charge in [-0.15, -0.1) is 0 Å². The Morgan fingerprint density at radius 1 is 1.16 bits per heavy atom. The minimum Gasteiger partial charge on any atom is -0.348 e. The van der Waals surface area contributed by atoms with Gasteiger partial charge in [0.2, 0.25) is 0 Å². The highest BCUT2D eigenvalue weighted by Crippen LogP contribution is 2.41. The number of hydrogen-bond donors (Lipinski definition) is 0. The maximum Gasteiger partial charge on any atom is 0.534 e. The molecule has 0 radical (unpaired) electrons. The summed E-state index contributed by atoms with van der Waals surface area (Å²) in [5.74, 6) is -1.34. The van der Waals surface area contributed by atoms with Crippen molar-refractivity contribution in [3.05, 3.63) is 50.6 Å². The largest absolute Gasteiger partial charge is 0.534 e. The Labute approximate surface area is 148 Å². The molecule has 1 aromatic carbocycles. The number of hydrogen-bond acceptors (Lipinski definition) is 6. The molecule has 0 atom stereocenters. The summed E-state index contributed by atoms with van der Waals surface area (Å²) in [5.41, 5.74) is -7.15. The molecular weight excluding hydrogens is 412 g/mol. The highest BCUT2D eigenvalue weighted by molar-refractivity contribution is 7.88. The lowest BCUT2D eigenvalue weighted by molar-refractivity contribution is -0.385. The van der Waals surface area contributed by atoms with E-state index in [1.165, 1.54) is 18.2 Å².